The summed E-state index contributed by atoms with van der Waals surface area (Å²) < 4.78 is 13.9. The van der Waals surface area contributed by atoms with Gasteiger partial charge in [0.05, 0.1) is 19.3 Å². The second-order valence-electron chi connectivity index (χ2n) is 9.64. The van der Waals surface area contributed by atoms with Crippen LogP contribution in [0.3, 0.4) is 0 Å². The second kappa shape index (κ2) is 12.1. The summed E-state index contributed by atoms with van der Waals surface area (Å²) in [6, 6.07) is 16.8. The number of amides is 1. The second-order valence-corrected chi connectivity index (χ2v) is 9.64. The average Bonchev–Trinajstić information content (AvgIpc) is 3.34. The van der Waals surface area contributed by atoms with Crippen molar-refractivity contribution in [2.24, 2.45) is 0 Å². The summed E-state index contributed by atoms with van der Waals surface area (Å²) in [4.78, 5) is 21.2. The molecule has 190 valence electrons. The number of aromatic nitrogens is 3. The zero-order valence-electron chi connectivity index (χ0n) is 20.8. The van der Waals surface area contributed by atoms with Crippen molar-refractivity contribution in [1.82, 2.24) is 24.6 Å². The van der Waals surface area contributed by atoms with E-state index < -0.39 is 0 Å². The van der Waals surface area contributed by atoms with Gasteiger partial charge in [-0.05, 0) is 42.5 Å². The van der Waals surface area contributed by atoms with Gasteiger partial charge in [0.2, 0.25) is 5.91 Å². The lowest BCUT2D eigenvalue weighted by molar-refractivity contribution is -0.132. The van der Waals surface area contributed by atoms with Gasteiger partial charge in [-0.15, -0.1) is 0 Å². The molecule has 8 heteroatoms. The van der Waals surface area contributed by atoms with Crippen molar-refractivity contribution < 1.29 is 14.3 Å². The molecule has 0 spiro atoms. The Morgan fingerprint density at radius 3 is 2.72 bits per heavy atom. The molecule has 1 fully saturated rings. The Kier molecular flexibility index (Phi) is 8.25. The lowest BCUT2D eigenvalue weighted by Gasteiger charge is -2.32. The SMILES string of the molecule is O=C(CCCn1cncn1)N1CCOc2ccc(CN3CCC(OCc4ccccc4)CC3)cc2C1. The normalized spacial score (nSPS) is 16.8. The summed E-state index contributed by atoms with van der Waals surface area (Å²) in [5, 5.41) is 4.10. The third kappa shape index (κ3) is 6.71. The molecule has 0 unspecified atom stereocenters. The van der Waals surface area contributed by atoms with E-state index in [9.17, 15) is 4.79 Å². The van der Waals surface area contributed by atoms with E-state index in [4.69, 9.17) is 9.47 Å². The van der Waals surface area contributed by atoms with Crippen LogP contribution in [0, 0.1) is 0 Å². The first-order valence-electron chi connectivity index (χ1n) is 13.0. The lowest BCUT2D eigenvalue weighted by Crippen LogP contribution is -2.36. The van der Waals surface area contributed by atoms with E-state index in [1.54, 1.807) is 11.0 Å². The van der Waals surface area contributed by atoms with Gasteiger partial charge in [0.15, 0.2) is 0 Å². The zero-order chi connectivity index (χ0) is 24.6. The van der Waals surface area contributed by atoms with Crippen LogP contribution in [-0.4, -0.2) is 62.8 Å². The summed E-state index contributed by atoms with van der Waals surface area (Å²) in [5.41, 5.74) is 3.59. The largest absolute Gasteiger partial charge is 0.491 e. The van der Waals surface area contributed by atoms with Gasteiger partial charge in [-0.3, -0.25) is 14.4 Å². The molecular weight excluding hydrogens is 454 g/mol. The first-order valence-corrected chi connectivity index (χ1v) is 13.0. The van der Waals surface area contributed by atoms with Gasteiger partial charge in [-0.1, -0.05) is 36.4 Å². The molecule has 2 aliphatic rings. The molecule has 2 aliphatic heterocycles. The van der Waals surface area contributed by atoms with E-state index in [0.717, 1.165) is 50.2 Å². The van der Waals surface area contributed by atoms with E-state index in [-0.39, 0.29) is 5.91 Å². The van der Waals surface area contributed by atoms with Gasteiger partial charge in [0.25, 0.3) is 0 Å². The molecule has 3 heterocycles. The summed E-state index contributed by atoms with van der Waals surface area (Å²) in [7, 11) is 0. The monoisotopic (exact) mass is 489 g/mol. The van der Waals surface area contributed by atoms with Gasteiger partial charge in [-0.25, -0.2) is 4.98 Å². The predicted octanol–water partition coefficient (Wildman–Crippen LogP) is 3.66. The van der Waals surface area contributed by atoms with E-state index in [1.807, 2.05) is 11.0 Å². The van der Waals surface area contributed by atoms with Crippen LogP contribution in [0.1, 0.15) is 42.4 Å². The Labute approximate surface area is 212 Å². The number of hydrogen-bond donors (Lipinski definition) is 0. The van der Waals surface area contributed by atoms with Crippen LogP contribution in [0.15, 0.2) is 61.2 Å². The molecule has 2 aromatic carbocycles. The Bertz CT molecular complexity index is 1100. The number of aryl methyl sites for hydroxylation is 1. The third-order valence-corrected chi connectivity index (χ3v) is 6.97. The number of hydrogen-bond acceptors (Lipinski definition) is 6. The maximum absolute atomic E-state index is 12.9. The number of nitrogens with zero attached hydrogens (tertiary/aromatic N) is 5. The molecule has 3 aromatic rings. The number of piperidine rings is 1. The minimum atomic E-state index is 0.162. The van der Waals surface area contributed by atoms with Gasteiger partial charge < -0.3 is 14.4 Å². The molecule has 1 aromatic heterocycles. The third-order valence-electron chi connectivity index (χ3n) is 6.97. The van der Waals surface area contributed by atoms with Gasteiger partial charge in [-0.2, -0.15) is 5.10 Å². The topological polar surface area (TPSA) is 72.7 Å². The lowest BCUT2D eigenvalue weighted by atomic mass is 10.0. The van der Waals surface area contributed by atoms with Crippen molar-refractivity contribution in [2.75, 3.05) is 26.2 Å². The summed E-state index contributed by atoms with van der Waals surface area (Å²) in [6.07, 6.45) is 6.88. The van der Waals surface area contributed by atoms with Crippen molar-refractivity contribution >= 4 is 5.91 Å². The van der Waals surface area contributed by atoms with E-state index in [2.05, 4.69) is 57.4 Å². The van der Waals surface area contributed by atoms with Crippen LogP contribution < -0.4 is 4.74 Å². The fraction of sp³-hybridized carbons (Fsp3) is 0.464. The Balaban J connectivity index is 1.10. The van der Waals surface area contributed by atoms with Crippen LogP contribution in [0.25, 0.3) is 0 Å². The minimum Gasteiger partial charge on any atom is -0.491 e. The van der Waals surface area contributed by atoms with Gasteiger partial charge in [0.1, 0.15) is 25.0 Å². The van der Waals surface area contributed by atoms with Crippen molar-refractivity contribution in [3.63, 3.8) is 0 Å². The predicted molar refractivity (Wildman–Crippen MR) is 136 cm³/mol. The zero-order valence-corrected chi connectivity index (χ0v) is 20.8. The summed E-state index contributed by atoms with van der Waals surface area (Å²) >= 11 is 0. The molecule has 0 atom stereocenters. The molecule has 0 N–H and O–H groups in total. The number of carbonyl (C=O) groups excluding carboxylic acids is 1. The molecule has 0 saturated carbocycles. The Morgan fingerprint density at radius 2 is 1.92 bits per heavy atom. The van der Waals surface area contributed by atoms with Gasteiger partial charge in [0, 0.05) is 44.7 Å². The van der Waals surface area contributed by atoms with Crippen LogP contribution in [0.4, 0.5) is 0 Å². The highest BCUT2D eigenvalue weighted by atomic mass is 16.5. The maximum Gasteiger partial charge on any atom is 0.223 e. The number of likely N-dealkylation sites (tertiary alicyclic amines) is 1. The Morgan fingerprint density at radius 1 is 1.06 bits per heavy atom. The highest BCUT2D eigenvalue weighted by Gasteiger charge is 2.22. The quantitative estimate of drug-likeness (QED) is 0.457. The molecule has 36 heavy (non-hydrogen) atoms. The van der Waals surface area contributed by atoms with Crippen molar-refractivity contribution in [2.45, 2.75) is 58.0 Å². The molecular formula is C28H35N5O3. The van der Waals surface area contributed by atoms with Crippen molar-refractivity contribution in [3.05, 3.63) is 77.9 Å². The molecule has 1 amide bonds. The molecule has 0 aliphatic carbocycles. The number of benzene rings is 2. The highest BCUT2D eigenvalue weighted by molar-refractivity contribution is 5.76. The average molecular weight is 490 g/mol. The number of rotatable bonds is 9. The van der Waals surface area contributed by atoms with Crippen LogP contribution in [0.5, 0.6) is 5.75 Å². The maximum atomic E-state index is 12.9. The minimum absolute atomic E-state index is 0.162. The highest BCUT2D eigenvalue weighted by Crippen LogP contribution is 2.26. The van der Waals surface area contributed by atoms with Crippen LogP contribution >= 0.6 is 0 Å². The smallest absolute Gasteiger partial charge is 0.223 e. The summed E-state index contributed by atoms with van der Waals surface area (Å²) in [6.45, 7) is 6.09. The van der Waals surface area contributed by atoms with Gasteiger partial charge >= 0.3 is 0 Å². The van der Waals surface area contributed by atoms with E-state index >= 15 is 0 Å². The number of carbonyl (C=O) groups is 1. The van der Waals surface area contributed by atoms with Crippen molar-refractivity contribution in [3.8, 4) is 5.75 Å². The van der Waals surface area contributed by atoms with Crippen LogP contribution in [-0.2, 0) is 35.8 Å². The number of ether oxygens (including phenoxy) is 2. The van der Waals surface area contributed by atoms with E-state index in [1.165, 1.54) is 17.5 Å². The molecule has 0 bridgehead atoms. The molecule has 8 nitrogen and oxygen atoms in total. The first-order chi connectivity index (χ1) is 17.7. The fourth-order valence-electron chi connectivity index (χ4n) is 4.94. The first kappa shape index (κ1) is 24.5. The van der Waals surface area contributed by atoms with E-state index in [0.29, 0.717) is 45.4 Å². The van der Waals surface area contributed by atoms with Crippen molar-refractivity contribution in [1.29, 1.82) is 0 Å². The summed E-state index contributed by atoms with van der Waals surface area (Å²) in [5.74, 6) is 1.05. The Hall–Kier alpha value is -3.23. The molecule has 1 saturated heterocycles. The van der Waals surface area contributed by atoms with Crippen LogP contribution in [0.2, 0.25) is 0 Å². The molecule has 5 rings (SSSR count). The standard InChI is InChI=1S/C28H35N5O3/c34-28(7-4-12-33-22-29-21-30-33)32-15-16-35-27-9-8-24(17-25(27)19-32)18-31-13-10-26(11-14-31)36-20-23-5-2-1-3-6-23/h1-3,5-6,8-9,17,21-22,26H,4,7,10-16,18-20H2. The molecule has 0 radical (unpaired) electrons. The number of fused-ring (bicyclic) bond motifs is 1. The fourth-order valence-corrected chi connectivity index (χ4v) is 4.94.